The van der Waals surface area contributed by atoms with E-state index in [1.165, 1.54) is 12.8 Å². The van der Waals surface area contributed by atoms with E-state index in [9.17, 15) is 0 Å². The first kappa shape index (κ1) is 15.4. The third kappa shape index (κ3) is 4.23. The molecule has 2 N–H and O–H groups in total. The van der Waals surface area contributed by atoms with Crippen molar-refractivity contribution in [2.24, 2.45) is 11.7 Å². The van der Waals surface area contributed by atoms with Gasteiger partial charge in [-0.1, -0.05) is 12.1 Å². The van der Waals surface area contributed by atoms with E-state index in [2.05, 4.69) is 22.0 Å². The highest BCUT2D eigenvalue weighted by molar-refractivity contribution is 5.85. The van der Waals surface area contributed by atoms with E-state index >= 15 is 0 Å². The largest absolute Gasteiger partial charge is 0.339 e. The molecule has 1 fully saturated rings. The van der Waals surface area contributed by atoms with Gasteiger partial charge in [-0.15, -0.1) is 12.4 Å². The summed E-state index contributed by atoms with van der Waals surface area (Å²) in [5, 5.41) is 4.02. The number of rotatable bonds is 5. The Labute approximate surface area is 115 Å². The van der Waals surface area contributed by atoms with Gasteiger partial charge in [-0.2, -0.15) is 4.98 Å². The smallest absolute Gasteiger partial charge is 0.226 e. The first-order valence-corrected chi connectivity index (χ1v) is 6.55. The van der Waals surface area contributed by atoms with Crippen LogP contribution in [0, 0.1) is 5.92 Å². The van der Waals surface area contributed by atoms with Crippen molar-refractivity contribution < 1.29 is 4.52 Å². The van der Waals surface area contributed by atoms with Crippen LogP contribution in [0.5, 0.6) is 0 Å². The van der Waals surface area contributed by atoms with Crippen molar-refractivity contribution in [3.8, 4) is 0 Å². The highest BCUT2D eigenvalue weighted by atomic mass is 35.5. The molecule has 0 amide bonds. The molecule has 1 unspecified atom stereocenters. The van der Waals surface area contributed by atoms with Gasteiger partial charge in [0, 0.05) is 13.0 Å². The third-order valence-electron chi connectivity index (χ3n) is 3.28. The second kappa shape index (κ2) is 7.71. The lowest BCUT2D eigenvalue weighted by molar-refractivity contribution is 0.166. The molecule has 0 aliphatic carbocycles. The van der Waals surface area contributed by atoms with E-state index in [0.29, 0.717) is 5.92 Å². The Hall–Kier alpha value is -0.650. The van der Waals surface area contributed by atoms with Gasteiger partial charge < -0.3 is 10.3 Å². The number of piperidine rings is 1. The van der Waals surface area contributed by atoms with E-state index in [-0.39, 0.29) is 12.4 Å². The maximum absolute atomic E-state index is 5.73. The van der Waals surface area contributed by atoms with Crippen molar-refractivity contribution in [2.45, 2.75) is 39.2 Å². The van der Waals surface area contributed by atoms with Crippen LogP contribution in [0.15, 0.2) is 4.52 Å². The lowest BCUT2D eigenvalue weighted by Gasteiger charge is -2.30. The van der Waals surface area contributed by atoms with Gasteiger partial charge in [0.05, 0.1) is 6.54 Å². The average molecular weight is 275 g/mol. The summed E-state index contributed by atoms with van der Waals surface area (Å²) in [7, 11) is 0. The normalized spacial score (nSPS) is 20.7. The Kier molecular flexibility index (Phi) is 6.60. The summed E-state index contributed by atoms with van der Waals surface area (Å²) in [6, 6.07) is 0. The van der Waals surface area contributed by atoms with Crippen LogP contribution in [0.4, 0.5) is 0 Å². The van der Waals surface area contributed by atoms with Gasteiger partial charge in [-0.3, -0.25) is 4.90 Å². The van der Waals surface area contributed by atoms with E-state index < -0.39 is 0 Å². The standard InChI is InChI=1S/C12H22N4O.ClH/c1-2-4-12-14-11(15-17-12)9-16-6-3-5-10(7-13)8-16;/h10H,2-9,13H2,1H3;1H. The lowest BCUT2D eigenvalue weighted by atomic mass is 9.98. The van der Waals surface area contributed by atoms with E-state index in [4.69, 9.17) is 10.3 Å². The molecule has 0 bridgehead atoms. The Bertz CT molecular complexity index is 345. The van der Waals surface area contributed by atoms with E-state index in [1.54, 1.807) is 0 Å². The monoisotopic (exact) mass is 274 g/mol. The Morgan fingerprint density at radius 1 is 1.50 bits per heavy atom. The van der Waals surface area contributed by atoms with Gasteiger partial charge in [-0.25, -0.2) is 0 Å². The fourth-order valence-corrected chi connectivity index (χ4v) is 2.36. The van der Waals surface area contributed by atoms with Crippen LogP contribution in [0.3, 0.4) is 0 Å². The highest BCUT2D eigenvalue weighted by Gasteiger charge is 2.20. The molecule has 104 valence electrons. The molecule has 6 heteroatoms. The summed E-state index contributed by atoms with van der Waals surface area (Å²) in [5.41, 5.74) is 5.73. The average Bonchev–Trinajstić information content (AvgIpc) is 2.77. The molecule has 0 spiro atoms. The van der Waals surface area contributed by atoms with Crippen LogP contribution >= 0.6 is 12.4 Å². The zero-order valence-electron chi connectivity index (χ0n) is 11.0. The van der Waals surface area contributed by atoms with Gasteiger partial charge >= 0.3 is 0 Å². The summed E-state index contributed by atoms with van der Waals surface area (Å²) < 4.78 is 5.19. The molecule has 0 aromatic carbocycles. The van der Waals surface area contributed by atoms with Crippen LogP contribution in [0.25, 0.3) is 0 Å². The van der Waals surface area contributed by atoms with Crippen molar-refractivity contribution in [3.05, 3.63) is 11.7 Å². The summed E-state index contributed by atoms with van der Waals surface area (Å²) in [4.78, 5) is 6.77. The number of halogens is 1. The minimum Gasteiger partial charge on any atom is -0.339 e. The summed E-state index contributed by atoms with van der Waals surface area (Å²) in [6.07, 6.45) is 4.39. The topological polar surface area (TPSA) is 68.2 Å². The molecule has 1 aliphatic rings. The van der Waals surface area contributed by atoms with Gasteiger partial charge in [-0.05, 0) is 38.3 Å². The van der Waals surface area contributed by atoms with Crippen LogP contribution in [0.2, 0.25) is 0 Å². The van der Waals surface area contributed by atoms with Gasteiger partial charge in [0.25, 0.3) is 0 Å². The Balaban J connectivity index is 0.00000162. The molecule has 1 aliphatic heterocycles. The second-order valence-electron chi connectivity index (χ2n) is 4.83. The Morgan fingerprint density at radius 2 is 2.33 bits per heavy atom. The molecule has 1 atom stereocenters. The maximum atomic E-state index is 5.73. The number of nitrogens with two attached hydrogens (primary N) is 1. The van der Waals surface area contributed by atoms with Crippen LogP contribution in [0.1, 0.15) is 37.9 Å². The van der Waals surface area contributed by atoms with Crippen LogP contribution in [-0.2, 0) is 13.0 Å². The lowest BCUT2D eigenvalue weighted by Crippen LogP contribution is -2.38. The van der Waals surface area contributed by atoms with Gasteiger partial charge in [0.1, 0.15) is 0 Å². The first-order valence-electron chi connectivity index (χ1n) is 6.55. The molecular formula is C12H23ClN4O. The molecule has 2 heterocycles. The van der Waals surface area contributed by atoms with Crippen molar-refractivity contribution in [2.75, 3.05) is 19.6 Å². The van der Waals surface area contributed by atoms with E-state index in [0.717, 1.165) is 50.7 Å². The molecule has 1 aromatic heterocycles. The van der Waals surface area contributed by atoms with Gasteiger partial charge in [0.2, 0.25) is 5.89 Å². The summed E-state index contributed by atoms with van der Waals surface area (Å²) >= 11 is 0. The Morgan fingerprint density at radius 3 is 3.06 bits per heavy atom. The van der Waals surface area contributed by atoms with Crippen molar-refractivity contribution in [1.82, 2.24) is 15.0 Å². The molecule has 18 heavy (non-hydrogen) atoms. The SMILES string of the molecule is CCCc1nc(CN2CCCC(CN)C2)no1.Cl. The second-order valence-corrected chi connectivity index (χ2v) is 4.83. The minimum atomic E-state index is 0. The number of aromatic nitrogens is 2. The van der Waals surface area contributed by atoms with Crippen LogP contribution < -0.4 is 5.73 Å². The quantitative estimate of drug-likeness (QED) is 0.884. The van der Waals surface area contributed by atoms with Crippen molar-refractivity contribution in [3.63, 3.8) is 0 Å². The zero-order chi connectivity index (χ0) is 12.1. The number of hydrogen-bond acceptors (Lipinski definition) is 5. The number of likely N-dealkylation sites (tertiary alicyclic amines) is 1. The molecule has 1 aromatic rings. The van der Waals surface area contributed by atoms with E-state index in [1.807, 2.05) is 0 Å². The molecule has 1 saturated heterocycles. The van der Waals surface area contributed by atoms with Gasteiger partial charge in [0.15, 0.2) is 5.82 Å². The predicted molar refractivity (Wildman–Crippen MR) is 72.6 cm³/mol. The summed E-state index contributed by atoms with van der Waals surface area (Å²) in [5.74, 6) is 2.20. The molecule has 0 saturated carbocycles. The molecule has 0 radical (unpaired) electrons. The highest BCUT2D eigenvalue weighted by Crippen LogP contribution is 2.16. The first-order chi connectivity index (χ1) is 8.31. The third-order valence-corrected chi connectivity index (χ3v) is 3.28. The molecule has 2 rings (SSSR count). The number of nitrogens with zero attached hydrogens (tertiary/aromatic N) is 3. The maximum Gasteiger partial charge on any atom is 0.226 e. The predicted octanol–water partition coefficient (Wildman–Crippen LogP) is 1.61. The number of hydrogen-bond donors (Lipinski definition) is 1. The number of aryl methyl sites for hydroxylation is 1. The molecule has 5 nitrogen and oxygen atoms in total. The van der Waals surface area contributed by atoms with Crippen molar-refractivity contribution in [1.29, 1.82) is 0 Å². The fourth-order valence-electron chi connectivity index (χ4n) is 2.36. The fraction of sp³-hybridized carbons (Fsp3) is 0.833. The zero-order valence-corrected chi connectivity index (χ0v) is 11.8. The minimum absolute atomic E-state index is 0. The summed E-state index contributed by atoms with van der Waals surface area (Å²) in [6.45, 7) is 5.87. The van der Waals surface area contributed by atoms with Crippen molar-refractivity contribution >= 4 is 12.4 Å². The van der Waals surface area contributed by atoms with Crippen LogP contribution in [-0.4, -0.2) is 34.7 Å². The molecular weight excluding hydrogens is 252 g/mol.